The van der Waals surface area contributed by atoms with Crippen LogP contribution in [0.25, 0.3) is 0 Å². The Bertz CT molecular complexity index is 241. The van der Waals surface area contributed by atoms with Crippen LogP contribution in [0.3, 0.4) is 0 Å². The normalized spacial score (nSPS) is 21.8. The summed E-state index contributed by atoms with van der Waals surface area (Å²) in [6.45, 7) is 0. The van der Waals surface area contributed by atoms with Gasteiger partial charge >= 0.3 is 11.9 Å². The van der Waals surface area contributed by atoms with Crippen LogP contribution in [0, 0.1) is 5.92 Å². The molecule has 1 atom stereocenters. The van der Waals surface area contributed by atoms with Gasteiger partial charge in [0.15, 0.2) is 0 Å². The van der Waals surface area contributed by atoms with Crippen LogP contribution in [-0.4, -0.2) is 24.2 Å². The van der Waals surface area contributed by atoms with E-state index >= 15 is 0 Å². The van der Waals surface area contributed by atoms with E-state index in [9.17, 15) is 9.59 Å². The SMILES string of the molecule is COC(=O)[C@H]1CCC=C1C(=O)O. The lowest BCUT2D eigenvalue weighted by atomic mass is 10.0. The maximum Gasteiger partial charge on any atom is 0.332 e. The van der Waals surface area contributed by atoms with E-state index < -0.39 is 17.9 Å². The molecule has 1 rings (SSSR count). The van der Waals surface area contributed by atoms with Gasteiger partial charge in [-0.15, -0.1) is 0 Å². The average molecular weight is 170 g/mol. The van der Waals surface area contributed by atoms with Crippen LogP contribution in [0.4, 0.5) is 0 Å². The maximum absolute atomic E-state index is 11.0. The van der Waals surface area contributed by atoms with Crippen molar-refractivity contribution in [3.8, 4) is 0 Å². The van der Waals surface area contributed by atoms with Crippen LogP contribution in [0.1, 0.15) is 12.8 Å². The Kier molecular flexibility index (Phi) is 2.47. The monoisotopic (exact) mass is 170 g/mol. The number of rotatable bonds is 2. The van der Waals surface area contributed by atoms with Gasteiger partial charge in [0.25, 0.3) is 0 Å². The molecule has 0 aromatic heterocycles. The van der Waals surface area contributed by atoms with Gasteiger partial charge in [0, 0.05) is 5.57 Å². The minimum atomic E-state index is -1.03. The molecule has 0 saturated heterocycles. The Hall–Kier alpha value is -1.32. The van der Waals surface area contributed by atoms with Crippen LogP contribution < -0.4 is 0 Å². The van der Waals surface area contributed by atoms with Crippen molar-refractivity contribution < 1.29 is 19.4 Å². The quantitative estimate of drug-likeness (QED) is 0.616. The third kappa shape index (κ3) is 1.47. The van der Waals surface area contributed by atoms with Gasteiger partial charge in [-0.2, -0.15) is 0 Å². The molecule has 0 aliphatic heterocycles. The maximum atomic E-state index is 11.0. The molecule has 0 saturated carbocycles. The van der Waals surface area contributed by atoms with Gasteiger partial charge in [0.1, 0.15) is 0 Å². The van der Waals surface area contributed by atoms with E-state index in [4.69, 9.17) is 5.11 Å². The Morgan fingerprint density at radius 3 is 2.83 bits per heavy atom. The summed E-state index contributed by atoms with van der Waals surface area (Å²) in [4.78, 5) is 21.6. The second kappa shape index (κ2) is 3.38. The zero-order valence-electron chi connectivity index (χ0n) is 6.74. The lowest BCUT2D eigenvalue weighted by Crippen LogP contribution is -2.19. The molecule has 0 bridgehead atoms. The van der Waals surface area contributed by atoms with Crippen molar-refractivity contribution in [3.05, 3.63) is 11.6 Å². The molecule has 0 radical (unpaired) electrons. The van der Waals surface area contributed by atoms with E-state index in [0.29, 0.717) is 12.8 Å². The summed E-state index contributed by atoms with van der Waals surface area (Å²) in [7, 11) is 1.26. The van der Waals surface area contributed by atoms with Crippen LogP contribution in [-0.2, 0) is 14.3 Å². The van der Waals surface area contributed by atoms with Gasteiger partial charge in [-0.1, -0.05) is 6.08 Å². The standard InChI is InChI=1S/C8H10O4/c1-12-8(11)6-4-2-3-5(6)7(9)10/h3,6H,2,4H2,1H3,(H,9,10)/t6-/m0/s1. The summed E-state index contributed by atoms with van der Waals surface area (Å²) in [5.74, 6) is -2.04. The number of ether oxygens (including phenoxy) is 1. The molecule has 66 valence electrons. The highest BCUT2D eigenvalue weighted by Crippen LogP contribution is 2.26. The first-order valence-corrected chi connectivity index (χ1v) is 3.68. The smallest absolute Gasteiger partial charge is 0.332 e. The predicted molar refractivity (Wildman–Crippen MR) is 40.5 cm³/mol. The molecule has 1 aliphatic rings. The van der Waals surface area contributed by atoms with Crippen molar-refractivity contribution in [1.29, 1.82) is 0 Å². The number of carbonyl (C=O) groups is 2. The van der Waals surface area contributed by atoms with Gasteiger partial charge in [-0.3, -0.25) is 4.79 Å². The van der Waals surface area contributed by atoms with Crippen LogP contribution >= 0.6 is 0 Å². The number of aliphatic carboxylic acids is 1. The third-order valence-corrected chi connectivity index (χ3v) is 1.93. The fourth-order valence-corrected chi connectivity index (χ4v) is 1.33. The van der Waals surface area contributed by atoms with E-state index in [2.05, 4.69) is 4.74 Å². The van der Waals surface area contributed by atoms with Crippen molar-refractivity contribution in [3.63, 3.8) is 0 Å². The first-order valence-electron chi connectivity index (χ1n) is 3.68. The molecular weight excluding hydrogens is 160 g/mol. The molecule has 0 spiro atoms. The number of esters is 1. The third-order valence-electron chi connectivity index (χ3n) is 1.93. The summed E-state index contributed by atoms with van der Waals surface area (Å²) >= 11 is 0. The summed E-state index contributed by atoms with van der Waals surface area (Å²) < 4.78 is 4.47. The van der Waals surface area contributed by atoms with Gasteiger partial charge in [-0.05, 0) is 12.8 Å². The second-order valence-electron chi connectivity index (χ2n) is 2.62. The highest BCUT2D eigenvalue weighted by molar-refractivity contribution is 5.95. The number of hydrogen-bond donors (Lipinski definition) is 1. The van der Waals surface area contributed by atoms with E-state index in [-0.39, 0.29) is 5.57 Å². The summed E-state index contributed by atoms with van der Waals surface area (Å²) in [5, 5.41) is 8.65. The zero-order valence-corrected chi connectivity index (χ0v) is 6.74. The van der Waals surface area contributed by atoms with Crippen molar-refractivity contribution in [1.82, 2.24) is 0 Å². The molecule has 0 fully saturated rings. The highest BCUT2D eigenvalue weighted by atomic mass is 16.5. The number of allylic oxidation sites excluding steroid dienone is 1. The van der Waals surface area contributed by atoms with E-state index in [0.717, 1.165) is 0 Å². The Balaban J connectivity index is 2.74. The summed E-state index contributed by atoms with van der Waals surface area (Å²) in [5.41, 5.74) is 0.168. The van der Waals surface area contributed by atoms with Gasteiger partial charge in [-0.25, -0.2) is 4.79 Å². The molecule has 0 heterocycles. The van der Waals surface area contributed by atoms with E-state index in [1.165, 1.54) is 7.11 Å². The molecule has 0 aromatic rings. The average Bonchev–Trinajstić information content (AvgIpc) is 2.50. The van der Waals surface area contributed by atoms with E-state index in [1.807, 2.05) is 0 Å². The summed E-state index contributed by atoms with van der Waals surface area (Å²) in [6, 6.07) is 0. The lowest BCUT2D eigenvalue weighted by molar-refractivity contribution is -0.146. The summed E-state index contributed by atoms with van der Waals surface area (Å²) in [6.07, 6.45) is 2.76. The van der Waals surface area contributed by atoms with Crippen molar-refractivity contribution in [2.75, 3.05) is 7.11 Å². The number of carboxylic acid groups (broad SMARTS) is 1. The fraction of sp³-hybridized carbons (Fsp3) is 0.500. The number of carboxylic acids is 1. The molecule has 1 N–H and O–H groups in total. The molecule has 4 nitrogen and oxygen atoms in total. The number of methoxy groups -OCH3 is 1. The zero-order chi connectivity index (χ0) is 9.14. The minimum absolute atomic E-state index is 0.168. The van der Waals surface area contributed by atoms with Crippen LogP contribution in [0.5, 0.6) is 0 Å². The van der Waals surface area contributed by atoms with Gasteiger partial charge in [0.05, 0.1) is 13.0 Å². The number of hydrogen-bond acceptors (Lipinski definition) is 3. The molecule has 0 aromatic carbocycles. The topological polar surface area (TPSA) is 63.6 Å². The Morgan fingerprint density at radius 1 is 1.67 bits per heavy atom. The van der Waals surface area contributed by atoms with Gasteiger partial charge in [0.2, 0.25) is 0 Å². The molecule has 0 amide bonds. The lowest BCUT2D eigenvalue weighted by Gasteiger charge is -2.07. The largest absolute Gasteiger partial charge is 0.478 e. The number of carbonyl (C=O) groups excluding carboxylic acids is 1. The molecule has 12 heavy (non-hydrogen) atoms. The highest BCUT2D eigenvalue weighted by Gasteiger charge is 2.31. The molecule has 1 aliphatic carbocycles. The second-order valence-corrected chi connectivity index (χ2v) is 2.62. The fourth-order valence-electron chi connectivity index (χ4n) is 1.33. The first-order chi connectivity index (χ1) is 5.66. The van der Waals surface area contributed by atoms with E-state index in [1.54, 1.807) is 6.08 Å². The van der Waals surface area contributed by atoms with Crippen molar-refractivity contribution in [2.45, 2.75) is 12.8 Å². The molecule has 0 unspecified atom stereocenters. The predicted octanol–water partition coefficient (Wildman–Crippen LogP) is 0.580. The van der Waals surface area contributed by atoms with Crippen molar-refractivity contribution >= 4 is 11.9 Å². The minimum Gasteiger partial charge on any atom is -0.478 e. The van der Waals surface area contributed by atoms with Crippen molar-refractivity contribution in [2.24, 2.45) is 5.92 Å². The van der Waals surface area contributed by atoms with Crippen LogP contribution in [0.15, 0.2) is 11.6 Å². The van der Waals surface area contributed by atoms with Crippen LogP contribution in [0.2, 0.25) is 0 Å². The Morgan fingerprint density at radius 2 is 2.33 bits per heavy atom. The Labute approximate surface area is 69.8 Å². The molecular formula is C8H10O4. The molecule has 4 heteroatoms. The first kappa shape index (κ1) is 8.77. The van der Waals surface area contributed by atoms with Gasteiger partial charge < -0.3 is 9.84 Å².